The maximum absolute atomic E-state index is 13.1. The number of aryl methyl sites for hydroxylation is 1. The Balaban J connectivity index is 1.36. The summed E-state index contributed by atoms with van der Waals surface area (Å²) < 4.78 is 5.77. The maximum Gasteiger partial charge on any atom is 0.266 e. The Morgan fingerprint density at radius 2 is 1.61 bits per heavy atom. The summed E-state index contributed by atoms with van der Waals surface area (Å²) in [4.78, 5) is 43.9. The number of nitrogens with one attached hydrogen (secondary N) is 1. The first kappa shape index (κ1) is 20.6. The number of fused-ring (bicyclic) bond motifs is 1. The van der Waals surface area contributed by atoms with Gasteiger partial charge in [0.2, 0.25) is 0 Å². The summed E-state index contributed by atoms with van der Waals surface area (Å²) in [5.41, 5.74) is 1.95. The van der Waals surface area contributed by atoms with Gasteiger partial charge in [-0.1, -0.05) is 18.2 Å². The van der Waals surface area contributed by atoms with E-state index in [1.165, 1.54) is 29.5 Å². The number of nitrogens with zero attached hydrogens (tertiary/aromatic N) is 2. The summed E-state index contributed by atoms with van der Waals surface area (Å²) in [7, 11) is 0. The van der Waals surface area contributed by atoms with E-state index in [-0.39, 0.29) is 16.7 Å². The third-order valence-electron chi connectivity index (χ3n) is 5.06. The Bertz CT molecular complexity index is 1380. The quantitative estimate of drug-likeness (QED) is 0.413. The summed E-state index contributed by atoms with van der Waals surface area (Å²) in [5, 5.41) is 5.01. The van der Waals surface area contributed by atoms with E-state index < -0.39 is 17.7 Å². The van der Waals surface area contributed by atoms with Crippen molar-refractivity contribution in [3.63, 3.8) is 0 Å². The van der Waals surface area contributed by atoms with Crippen molar-refractivity contribution < 1.29 is 19.1 Å². The fourth-order valence-corrected chi connectivity index (χ4v) is 4.17. The topological polar surface area (TPSA) is 88.6 Å². The smallest absolute Gasteiger partial charge is 0.266 e. The lowest BCUT2D eigenvalue weighted by Gasteiger charge is -2.14. The fraction of sp³-hybridized carbons (Fsp3) is 0.0400. The standard InChI is InChI=1S/C25H17N3O4S/c1-15-14-33-25(26-15)27-22(29)16-7-12-20-21(13-16)24(31)28(23(20)30)17-8-10-19(11-9-17)32-18-5-3-2-4-6-18/h2-14H,1H3,(H,26,27,29). The molecular formula is C25H17N3O4S. The molecule has 8 heteroatoms. The molecule has 0 radical (unpaired) electrons. The molecule has 33 heavy (non-hydrogen) atoms. The first-order valence-corrected chi connectivity index (χ1v) is 11.0. The van der Waals surface area contributed by atoms with Crippen LogP contribution in [0.4, 0.5) is 10.8 Å². The largest absolute Gasteiger partial charge is 0.457 e. The van der Waals surface area contributed by atoms with Gasteiger partial charge in [0, 0.05) is 10.9 Å². The lowest BCUT2D eigenvalue weighted by Crippen LogP contribution is -2.29. The van der Waals surface area contributed by atoms with Gasteiger partial charge in [-0.2, -0.15) is 0 Å². The number of amides is 3. The molecule has 0 fully saturated rings. The summed E-state index contributed by atoms with van der Waals surface area (Å²) >= 11 is 1.32. The van der Waals surface area contributed by atoms with E-state index >= 15 is 0 Å². The van der Waals surface area contributed by atoms with Gasteiger partial charge >= 0.3 is 0 Å². The average Bonchev–Trinajstić information content (AvgIpc) is 3.35. The summed E-state index contributed by atoms with van der Waals surface area (Å²) in [6, 6.07) is 20.5. The molecule has 7 nitrogen and oxygen atoms in total. The van der Waals surface area contributed by atoms with Crippen LogP contribution in [-0.2, 0) is 0 Å². The molecule has 162 valence electrons. The number of carbonyl (C=O) groups excluding carboxylic acids is 3. The third-order valence-corrected chi connectivity index (χ3v) is 5.94. The molecular weight excluding hydrogens is 438 g/mol. The zero-order valence-electron chi connectivity index (χ0n) is 17.4. The second-order valence-electron chi connectivity index (χ2n) is 7.36. The predicted octanol–water partition coefficient (Wildman–Crippen LogP) is 5.30. The third kappa shape index (κ3) is 3.99. The molecule has 0 saturated heterocycles. The van der Waals surface area contributed by atoms with E-state index in [1.54, 1.807) is 24.3 Å². The van der Waals surface area contributed by atoms with Gasteiger partial charge in [0.25, 0.3) is 17.7 Å². The fourth-order valence-electron chi connectivity index (χ4n) is 3.49. The SMILES string of the molecule is Cc1csc(NC(=O)c2ccc3c(c2)C(=O)N(c2ccc(Oc4ccccc4)cc2)C3=O)n1. The number of carbonyl (C=O) groups is 3. The molecule has 2 heterocycles. The zero-order chi connectivity index (χ0) is 22.9. The second-order valence-corrected chi connectivity index (χ2v) is 8.22. The van der Waals surface area contributed by atoms with Crippen molar-refractivity contribution in [2.75, 3.05) is 10.2 Å². The highest BCUT2D eigenvalue weighted by Gasteiger charge is 2.37. The van der Waals surface area contributed by atoms with Crippen molar-refractivity contribution in [1.29, 1.82) is 0 Å². The van der Waals surface area contributed by atoms with Crippen LogP contribution < -0.4 is 15.0 Å². The Morgan fingerprint density at radius 1 is 0.909 bits per heavy atom. The highest BCUT2D eigenvalue weighted by atomic mass is 32.1. The Kier molecular flexibility index (Phi) is 5.20. The van der Waals surface area contributed by atoms with Gasteiger partial charge in [-0.25, -0.2) is 9.88 Å². The highest BCUT2D eigenvalue weighted by molar-refractivity contribution is 7.13. The Morgan fingerprint density at radius 3 is 2.30 bits per heavy atom. The molecule has 1 N–H and O–H groups in total. The molecule has 0 spiro atoms. The number of aromatic nitrogens is 1. The number of imide groups is 1. The van der Waals surface area contributed by atoms with Crippen LogP contribution in [-0.4, -0.2) is 22.7 Å². The van der Waals surface area contributed by atoms with Crippen LogP contribution in [0.2, 0.25) is 0 Å². The first-order valence-electron chi connectivity index (χ1n) is 10.1. The molecule has 0 aliphatic carbocycles. The van der Waals surface area contributed by atoms with E-state index in [2.05, 4.69) is 10.3 Å². The number of thiazole rings is 1. The molecule has 3 aromatic carbocycles. The van der Waals surface area contributed by atoms with Crippen molar-refractivity contribution in [3.05, 3.63) is 101 Å². The van der Waals surface area contributed by atoms with Crippen molar-refractivity contribution in [3.8, 4) is 11.5 Å². The lowest BCUT2D eigenvalue weighted by molar-refractivity contribution is 0.0925. The Hall–Kier alpha value is -4.30. The molecule has 0 atom stereocenters. The number of benzene rings is 3. The van der Waals surface area contributed by atoms with Crippen LogP contribution in [0.15, 0.2) is 78.2 Å². The number of hydrogen-bond acceptors (Lipinski definition) is 6. The molecule has 3 amide bonds. The number of para-hydroxylation sites is 1. The van der Waals surface area contributed by atoms with Crippen LogP contribution in [0.25, 0.3) is 0 Å². The van der Waals surface area contributed by atoms with Crippen LogP contribution in [0.3, 0.4) is 0 Å². The Labute approximate surface area is 193 Å². The number of anilines is 2. The van der Waals surface area contributed by atoms with E-state index in [1.807, 2.05) is 42.6 Å². The molecule has 0 unspecified atom stereocenters. The first-order chi connectivity index (χ1) is 16.0. The van der Waals surface area contributed by atoms with E-state index in [4.69, 9.17) is 4.74 Å². The minimum absolute atomic E-state index is 0.188. The molecule has 5 rings (SSSR count). The van der Waals surface area contributed by atoms with E-state index in [0.29, 0.717) is 22.3 Å². The monoisotopic (exact) mass is 455 g/mol. The van der Waals surface area contributed by atoms with Gasteiger partial charge in [-0.05, 0) is 61.5 Å². The second kappa shape index (κ2) is 8.33. The van der Waals surface area contributed by atoms with Crippen LogP contribution in [0, 0.1) is 6.92 Å². The van der Waals surface area contributed by atoms with Gasteiger partial charge in [0.1, 0.15) is 11.5 Å². The number of hydrogen-bond donors (Lipinski definition) is 1. The molecule has 1 aliphatic rings. The van der Waals surface area contributed by atoms with Crippen molar-refractivity contribution in [1.82, 2.24) is 4.98 Å². The van der Waals surface area contributed by atoms with Crippen LogP contribution in [0.5, 0.6) is 11.5 Å². The van der Waals surface area contributed by atoms with Gasteiger partial charge in [-0.15, -0.1) is 11.3 Å². The van der Waals surface area contributed by atoms with Crippen LogP contribution in [0.1, 0.15) is 36.8 Å². The zero-order valence-corrected chi connectivity index (χ0v) is 18.3. The minimum Gasteiger partial charge on any atom is -0.457 e. The number of ether oxygens (including phenoxy) is 1. The van der Waals surface area contributed by atoms with Crippen LogP contribution >= 0.6 is 11.3 Å². The average molecular weight is 455 g/mol. The highest BCUT2D eigenvalue weighted by Crippen LogP contribution is 2.31. The van der Waals surface area contributed by atoms with E-state index in [9.17, 15) is 14.4 Å². The molecule has 1 aliphatic heterocycles. The molecule has 4 aromatic rings. The summed E-state index contributed by atoms with van der Waals surface area (Å²) in [6.07, 6.45) is 0. The predicted molar refractivity (Wildman–Crippen MR) is 125 cm³/mol. The van der Waals surface area contributed by atoms with Crippen molar-refractivity contribution in [2.24, 2.45) is 0 Å². The lowest BCUT2D eigenvalue weighted by atomic mass is 10.1. The number of rotatable bonds is 5. The van der Waals surface area contributed by atoms with Crippen molar-refractivity contribution >= 4 is 39.9 Å². The van der Waals surface area contributed by atoms with Gasteiger partial charge in [-0.3, -0.25) is 19.7 Å². The minimum atomic E-state index is -0.480. The molecule has 0 saturated carbocycles. The molecule has 0 bridgehead atoms. The van der Waals surface area contributed by atoms with E-state index in [0.717, 1.165) is 10.6 Å². The normalized spacial score (nSPS) is 12.6. The summed E-state index contributed by atoms with van der Waals surface area (Å²) in [5.74, 6) is -0.0448. The summed E-state index contributed by atoms with van der Waals surface area (Å²) in [6.45, 7) is 1.83. The van der Waals surface area contributed by atoms with Gasteiger partial charge in [0.05, 0.1) is 22.5 Å². The molecule has 1 aromatic heterocycles. The maximum atomic E-state index is 13.1. The van der Waals surface area contributed by atoms with Crippen molar-refractivity contribution in [2.45, 2.75) is 6.92 Å². The van der Waals surface area contributed by atoms with Gasteiger partial charge in [0.15, 0.2) is 5.13 Å². The van der Waals surface area contributed by atoms with Gasteiger partial charge < -0.3 is 4.74 Å².